The molecule has 1 saturated heterocycles. The number of carbonyl (C=O) groups is 3. The first-order valence-corrected chi connectivity index (χ1v) is 13.0. The van der Waals surface area contributed by atoms with Crippen molar-refractivity contribution in [2.24, 2.45) is 0 Å². The van der Waals surface area contributed by atoms with Gasteiger partial charge in [0, 0.05) is 55.0 Å². The number of hydrogen-bond acceptors (Lipinski definition) is 5. The van der Waals surface area contributed by atoms with Gasteiger partial charge in [-0.1, -0.05) is 41.9 Å². The van der Waals surface area contributed by atoms with Crippen molar-refractivity contribution in [3.8, 4) is 0 Å². The molecule has 8 nitrogen and oxygen atoms in total. The molecule has 2 aromatic carbocycles. The number of piperazine rings is 1. The molecule has 0 radical (unpaired) electrons. The van der Waals surface area contributed by atoms with E-state index >= 15 is 0 Å². The molecule has 2 aliphatic heterocycles. The molecular weight excluding hydrogens is 492 g/mol. The van der Waals surface area contributed by atoms with Crippen LogP contribution in [0.3, 0.4) is 0 Å². The molecule has 37 heavy (non-hydrogen) atoms. The predicted octanol–water partition coefficient (Wildman–Crippen LogP) is 4.09. The summed E-state index contributed by atoms with van der Waals surface area (Å²) in [4.78, 5) is 45.1. The lowest BCUT2D eigenvalue weighted by molar-refractivity contribution is -0.139. The van der Waals surface area contributed by atoms with Gasteiger partial charge in [-0.05, 0) is 50.6 Å². The van der Waals surface area contributed by atoms with E-state index in [1.54, 1.807) is 24.0 Å². The van der Waals surface area contributed by atoms with Gasteiger partial charge in [0.25, 0.3) is 5.91 Å². The molecule has 4 rings (SSSR count). The largest absolute Gasteiger partial charge is 0.463 e. The zero-order valence-corrected chi connectivity index (χ0v) is 22.2. The highest BCUT2D eigenvalue weighted by Gasteiger charge is 2.39. The maximum absolute atomic E-state index is 13.3. The number of rotatable bonds is 7. The number of benzene rings is 2. The van der Waals surface area contributed by atoms with Gasteiger partial charge in [0.2, 0.25) is 0 Å². The Morgan fingerprint density at radius 1 is 1.05 bits per heavy atom. The van der Waals surface area contributed by atoms with Crippen LogP contribution in [0.5, 0.6) is 0 Å². The summed E-state index contributed by atoms with van der Waals surface area (Å²) in [6, 6.07) is 15.4. The monoisotopic (exact) mass is 524 g/mol. The number of nitrogens with zero attached hydrogens (tertiary/aromatic N) is 3. The van der Waals surface area contributed by atoms with Gasteiger partial charge in [-0.15, -0.1) is 0 Å². The zero-order valence-electron chi connectivity index (χ0n) is 21.4. The molecular formula is C28H33ClN4O4. The normalized spacial score (nSPS) is 20.6. The number of ether oxygens (including phenoxy) is 1. The summed E-state index contributed by atoms with van der Waals surface area (Å²) >= 11 is 6.08. The van der Waals surface area contributed by atoms with E-state index in [2.05, 4.69) is 10.2 Å². The number of carbonyl (C=O) groups excluding carboxylic acids is 3. The summed E-state index contributed by atoms with van der Waals surface area (Å²) in [7, 11) is 0. The Morgan fingerprint density at radius 2 is 1.76 bits per heavy atom. The van der Waals surface area contributed by atoms with Crippen molar-refractivity contribution in [3.05, 3.63) is 82.0 Å². The van der Waals surface area contributed by atoms with Gasteiger partial charge >= 0.3 is 12.0 Å². The van der Waals surface area contributed by atoms with Gasteiger partial charge in [-0.3, -0.25) is 14.6 Å². The van der Waals surface area contributed by atoms with Gasteiger partial charge in [-0.2, -0.15) is 0 Å². The molecule has 0 spiro atoms. The van der Waals surface area contributed by atoms with Crippen molar-refractivity contribution in [1.82, 2.24) is 20.0 Å². The summed E-state index contributed by atoms with van der Waals surface area (Å²) < 4.78 is 5.45. The standard InChI is InChI=1S/C28H33ClN4O4/c1-4-32-23(18-31-15-16-33(19(3)17-31)26(34)21-9-7-6-8-10-21)24(27(35)37-5-2)25(30-28(32)36)20-11-13-22(29)14-12-20/h6-14,19,25H,4-5,15-18H2,1-3H3,(H,30,36). The summed E-state index contributed by atoms with van der Waals surface area (Å²) in [5.74, 6) is -0.448. The highest BCUT2D eigenvalue weighted by atomic mass is 35.5. The number of esters is 1. The lowest BCUT2D eigenvalue weighted by Crippen LogP contribution is -2.56. The van der Waals surface area contributed by atoms with Crippen molar-refractivity contribution >= 4 is 29.5 Å². The van der Waals surface area contributed by atoms with Crippen LogP contribution in [-0.4, -0.2) is 78.0 Å². The number of nitrogens with one attached hydrogen (secondary N) is 1. The lowest BCUT2D eigenvalue weighted by Gasteiger charge is -2.43. The molecule has 3 amide bonds. The van der Waals surface area contributed by atoms with Crippen LogP contribution in [0.25, 0.3) is 0 Å². The van der Waals surface area contributed by atoms with E-state index in [9.17, 15) is 14.4 Å². The van der Waals surface area contributed by atoms with E-state index in [0.29, 0.717) is 54.6 Å². The number of likely N-dealkylation sites (N-methyl/N-ethyl adjacent to an activating group) is 1. The molecule has 2 unspecified atom stereocenters. The number of amides is 3. The van der Waals surface area contributed by atoms with E-state index < -0.39 is 12.0 Å². The minimum absolute atomic E-state index is 0.00853. The maximum atomic E-state index is 13.3. The molecule has 2 heterocycles. The van der Waals surface area contributed by atoms with Crippen LogP contribution < -0.4 is 5.32 Å². The van der Waals surface area contributed by atoms with Gasteiger partial charge in [0.15, 0.2) is 0 Å². The van der Waals surface area contributed by atoms with Gasteiger partial charge in [0.05, 0.1) is 18.2 Å². The fourth-order valence-electron chi connectivity index (χ4n) is 5.00. The highest BCUT2D eigenvalue weighted by molar-refractivity contribution is 6.30. The number of urea groups is 1. The molecule has 0 bridgehead atoms. The molecule has 0 saturated carbocycles. The summed E-state index contributed by atoms with van der Waals surface area (Å²) in [5, 5.41) is 3.54. The Balaban J connectivity index is 1.63. The third-order valence-electron chi connectivity index (χ3n) is 6.82. The van der Waals surface area contributed by atoms with Crippen molar-refractivity contribution in [2.75, 3.05) is 39.3 Å². The summed E-state index contributed by atoms with van der Waals surface area (Å²) in [6.45, 7) is 8.46. The topological polar surface area (TPSA) is 82.2 Å². The van der Waals surface area contributed by atoms with E-state index in [0.717, 1.165) is 5.56 Å². The SMILES string of the molecule is CCOC(=O)C1=C(CN2CCN(C(=O)c3ccccc3)C(C)C2)N(CC)C(=O)NC1c1ccc(Cl)cc1. The van der Waals surface area contributed by atoms with Crippen molar-refractivity contribution < 1.29 is 19.1 Å². The number of hydrogen-bond donors (Lipinski definition) is 1. The van der Waals surface area contributed by atoms with Crippen LogP contribution in [0.4, 0.5) is 4.79 Å². The first kappa shape index (κ1) is 26.7. The van der Waals surface area contributed by atoms with Crippen molar-refractivity contribution in [2.45, 2.75) is 32.9 Å². The molecule has 1 N–H and O–H groups in total. The molecule has 196 valence electrons. The second-order valence-corrected chi connectivity index (χ2v) is 9.64. The average molecular weight is 525 g/mol. The van der Waals surface area contributed by atoms with Crippen LogP contribution >= 0.6 is 11.6 Å². The van der Waals surface area contributed by atoms with E-state index in [1.165, 1.54) is 0 Å². The maximum Gasteiger partial charge on any atom is 0.338 e. The third kappa shape index (κ3) is 5.81. The summed E-state index contributed by atoms with van der Waals surface area (Å²) in [6.07, 6.45) is 0. The van der Waals surface area contributed by atoms with Crippen molar-refractivity contribution in [1.29, 1.82) is 0 Å². The minimum Gasteiger partial charge on any atom is -0.463 e. The van der Waals surface area contributed by atoms with Crippen LogP contribution in [0.2, 0.25) is 5.02 Å². The van der Waals surface area contributed by atoms with Gasteiger partial charge < -0.3 is 15.0 Å². The third-order valence-corrected chi connectivity index (χ3v) is 7.07. The molecule has 0 aliphatic carbocycles. The van der Waals surface area contributed by atoms with E-state index in [-0.39, 0.29) is 24.6 Å². The fraction of sp³-hybridized carbons (Fsp3) is 0.393. The number of halogens is 1. The Labute approximate surface area is 222 Å². The van der Waals surface area contributed by atoms with Crippen LogP contribution in [0.1, 0.15) is 42.7 Å². The van der Waals surface area contributed by atoms with E-state index in [4.69, 9.17) is 16.3 Å². The lowest BCUT2D eigenvalue weighted by atomic mass is 9.94. The first-order chi connectivity index (χ1) is 17.8. The zero-order chi connectivity index (χ0) is 26.5. The van der Waals surface area contributed by atoms with Crippen molar-refractivity contribution in [3.63, 3.8) is 0 Å². The fourth-order valence-corrected chi connectivity index (χ4v) is 5.13. The molecule has 2 atom stereocenters. The van der Waals surface area contributed by atoms with Crippen LogP contribution in [0, 0.1) is 0 Å². The minimum atomic E-state index is -0.653. The Bertz CT molecular complexity index is 1170. The van der Waals surface area contributed by atoms with E-state index in [1.807, 2.05) is 61.2 Å². The molecule has 9 heteroatoms. The van der Waals surface area contributed by atoms with Gasteiger partial charge in [0.1, 0.15) is 0 Å². The Kier molecular flexibility index (Phi) is 8.51. The quantitative estimate of drug-likeness (QED) is 0.552. The Morgan fingerprint density at radius 3 is 2.38 bits per heavy atom. The first-order valence-electron chi connectivity index (χ1n) is 12.7. The smallest absolute Gasteiger partial charge is 0.338 e. The summed E-state index contributed by atoms with van der Waals surface area (Å²) in [5.41, 5.74) is 2.46. The molecule has 0 aromatic heterocycles. The van der Waals surface area contributed by atoms with Gasteiger partial charge in [-0.25, -0.2) is 9.59 Å². The highest BCUT2D eigenvalue weighted by Crippen LogP contribution is 2.33. The second-order valence-electron chi connectivity index (χ2n) is 9.21. The Hall–Kier alpha value is -3.36. The predicted molar refractivity (Wildman–Crippen MR) is 142 cm³/mol. The van der Waals surface area contributed by atoms with Crippen LogP contribution in [0.15, 0.2) is 65.9 Å². The van der Waals surface area contributed by atoms with Crippen LogP contribution in [-0.2, 0) is 9.53 Å². The molecule has 1 fully saturated rings. The average Bonchev–Trinajstić information content (AvgIpc) is 2.89. The molecule has 2 aromatic rings. The molecule has 2 aliphatic rings. The second kappa shape index (κ2) is 11.8.